The van der Waals surface area contributed by atoms with Gasteiger partial charge in [-0.1, -0.05) is 28.1 Å². The van der Waals surface area contributed by atoms with Crippen LogP contribution >= 0.6 is 15.9 Å². The quantitative estimate of drug-likeness (QED) is 0.698. The summed E-state index contributed by atoms with van der Waals surface area (Å²) in [5, 5.41) is 4.14. The van der Waals surface area contributed by atoms with E-state index in [9.17, 15) is 4.79 Å². The maximum absolute atomic E-state index is 12.3. The average molecular weight is 316 g/mol. The number of aromatic nitrogens is 3. The Morgan fingerprint density at radius 1 is 1.21 bits per heavy atom. The fourth-order valence-corrected chi connectivity index (χ4v) is 2.20. The van der Waals surface area contributed by atoms with E-state index in [4.69, 9.17) is 0 Å². The number of carbonyl (C=O) groups excluding carboxylic acids is 1. The van der Waals surface area contributed by atoms with Crippen LogP contribution in [-0.2, 0) is 6.42 Å². The first-order valence-electron chi connectivity index (χ1n) is 5.79. The van der Waals surface area contributed by atoms with Crippen LogP contribution in [0.15, 0.2) is 53.5 Å². The van der Waals surface area contributed by atoms with Crippen LogP contribution < -0.4 is 0 Å². The largest absolute Gasteiger partial charge is 0.294 e. The van der Waals surface area contributed by atoms with Crippen molar-refractivity contribution in [3.05, 3.63) is 64.7 Å². The number of halogens is 1. The molecule has 0 atom stereocenters. The van der Waals surface area contributed by atoms with Gasteiger partial charge in [-0.25, -0.2) is 4.52 Å². The predicted octanol–water partition coefficient (Wildman–Crippen LogP) is 2.92. The van der Waals surface area contributed by atoms with E-state index in [1.165, 1.54) is 0 Å². The maximum atomic E-state index is 12.3. The molecule has 19 heavy (non-hydrogen) atoms. The molecule has 0 N–H and O–H groups in total. The van der Waals surface area contributed by atoms with Gasteiger partial charge in [0.05, 0.1) is 23.5 Å². The topological polar surface area (TPSA) is 47.3 Å². The Balaban J connectivity index is 1.90. The summed E-state index contributed by atoms with van der Waals surface area (Å²) in [5.41, 5.74) is 2.33. The molecule has 5 heteroatoms. The number of rotatable bonds is 3. The summed E-state index contributed by atoms with van der Waals surface area (Å²) in [5.74, 6) is 0.0466. The zero-order chi connectivity index (χ0) is 13.2. The fourth-order valence-electron chi connectivity index (χ4n) is 1.93. The van der Waals surface area contributed by atoms with Gasteiger partial charge < -0.3 is 0 Å². The van der Waals surface area contributed by atoms with Gasteiger partial charge in [0, 0.05) is 23.3 Å². The van der Waals surface area contributed by atoms with Crippen LogP contribution in [0, 0.1) is 0 Å². The van der Waals surface area contributed by atoms with Crippen LogP contribution in [0.3, 0.4) is 0 Å². The summed E-state index contributed by atoms with van der Waals surface area (Å²) < 4.78 is 2.66. The molecule has 94 valence electrons. The summed E-state index contributed by atoms with van der Waals surface area (Å²) in [7, 11) is 0. The van der Waals surface area contributed by atoms with E-state index in [0.29, 0.717) is 12.0 Å². The first-order valence-corrected chi connectivity index (χ1v) is 6.58. The smallest absolute Gasteiger partial charge is 0.171 e. The van der Waals surface area contributed by atoms with Gasteiger partial charge >= 0.3 is 0 Å². The lowest BCUT2D eigenvalue weighted by atomic mass is 10.0. The molecule has 1 aromatic carbocycles. The normalized spacial score (nSPS) is 10.8. The number of ketones is 1. The minimum absolute atomic E-state index is 0.0466. The minimum Gasteiger partial charge on any atom is -0.294 e. The molecule has 0 fully saturated rings. The van der Waals surface area contributed by atoms with Crippen molar-refractivity contribution in [3.8, 4) is 0 Å². The standard InChI is InChI=1S/C14H10BrN3O/c15-11-3-1-10(2-4-11)7-14(19)12-8-17-18-6-5-16-9-13(12)18/h1-6,8-9H,7H2. The molecule has 0 radical (unpaired) electrons. The third-order valence-electron chi connectivity index (χ3n) is 2.90. The van der Waals surface area contributed by atoms with Crippen LogP contribution in [-0.4, -0.2) is 20.4 Å². The van der Waals surface area contributed by atoms with E-state index in [1.807, 2.05) is 24.3 Å². The second kappa shape index (κ2) is 4.93. The molecule has 0 saturated carbocycles. The van der Waals surface area contributed by atoms with Gasteiger partial charge in [0.2, 0.25) is 0 Å². The number of Topliss-reactive ketones (excluding diaryl/α,β-unsaturated/α-hetero) is 1. The average Bonchev–Trinajstić information content (AvgIpc) is 2.85. The molecule has 2 heterocycles. The van der Waals surface area contributed by atoms with E-state index in [0.717, 1.165) is 15.6 Å². The lowest BCUT2D eigenvalue weighted by molar-refractivity contribution is 0.0994. The summed E-state index contributed by atoms with van der Waals surface area (Å²) in [6.07, 6.45) is 6.98. The van der Waals surface area contributed by atoms with Gasteiger partial charge in [0.15, 0.2) is 5.78 Å². The monoisotopic (exact) mass is 315 g/mol. The van der Waals surface area contributed by atoms with Crippen LogP contribution in [0.1, 0.15) is 15.9 Å². The van der Waals surface area contributed by atoms with Crippen molar-refractivity contribution >= 4 is 27.2 Å². The van der Waals surface area contributed by atoms with Crippen molar-refractivity contribution in [2.45, 2.75) is 6.42 Å². The molecular formula is C14H10BrN3O. The molecule has 0 aliphatic heterocycles. The summed E-state index contributed by atoms with van der Waals surface area (Å²) in [4.78, 5) is 16.3. The molecule has 3 aromatic rings. The second-order valence-corrected chi connectivity index (χ2v) is 5.11. The van der Waals surface area contributed by atoms with Gasteiger partial charge in [-0.05, 0) is 17.7 Å². The Morgan fingerprint density at radius 2 is 2.00 bits per heavy atom. The van der Waals surface area contributed by atoms with Crippen LogP contribution in [0.5, 0.6) is 0 Å². The predicted molar refractivity (Wildman–Crippen MR) is 75.2 cm³/mol. The Morgan fingerprint density at radius 3 is 2.79 bits per heavy atom. The number of carbonyl (C=O) groups is 1. The molecule has 0 saturated heterocycles. The SMILES string of the molecule is O=C(Cc1ccc(Br)cc1)c1cnn2ccncc12. The van der Waals surface area contributed by atoms with Crippen molar-refractivity contribution in [2.75, 3.05) is 0 Å². The van der Waals surface area contributed by atoms with E-state index in [-0.39, 0.29) is 5.78 Å². The van der Waals surface area contributed by atoms with Gasteiger partial charge in [-0.15, -0.1) is 0 Å². The molecule has 0 amide bonds. The van der Waals surface area contributed by atoms with Crippen molar-refractivity contribution < 1.29 is 4.79 Å². The van der Waals surface area contributed by atoms with Gasteiger partial charge in [0.1, 0.15) is 0 Å². The maximum Gasteiger partial charge on any atom is 0.171 e. The first-order chi connectivity index (χ1) is 9.24. The number of nitrogens with zero attached hydrogens (tertiary/aromatic N) is 3. The highest BCUT2D eigenvalue weighted by Crippen LogP contribution is 2.15. The Hall–Kier alpha value is -2.01. The highest BCUT2D eigenvalue weighted by molar-refractivity contribution is 9.10. The zero-order valence-electron chi connectivity index (χ0n) is 9.95. The third kappa shape index (κ3) is 2.42. The minimum atomic E-state index is 0.0466. The van der Waals surface area contributed by atoms with Crippen molar-refractivity contribution in [3.63, 3.8) is 0 Å². The molecule has 3 rings (SSSR count). The van der Waals surface area contributed by atoms with Crippen LogP contribution in [0.2, 0.25) is 0 Å². The molecule has 2 aromatic heterocycles. The van der Waals surface area contributed by atoms with Gasteiger partial charge in [0.25, 0.3) is 0 Å². The third-order valence-corrected chi connectivity index (χ3v) is 3.43. The Bertz CT molecular complexity index is 734. The molecule has 0 aliphatic carbocycles. The van der Waals surface area contributed by atoms with E-state index >= 15 is 0 Å². The molecule has 0 unspecified atom stereocenters. The number of hydrogen-bond donors (Lipinski definition) is 0. The molecule has 4 nitrogen and oxygen atoms in total. The molecule has 0 bridgehead atoms. The lowest BCUT2D eigenvalue weighted by Gasteiger charge is -2.00. The zero-order valence-corrected chi connectivity index (χ0v) is 11.5. The van der Waals surface area contributed by atoms with Crippen molar-refractivity contribution in [1.29, 1.82) is 0 Å². The van der Waals surface area contributed by atoms with Crippen LogP contribution in [0.25, 0.3) is 5.52 Å². The number of hydrogen-bond acceptors (Lipinski definition) is 3. The molecule has 0 aliphatic rings. The second-order valence-electron chi connectivity index (χ2n) is 4.19. The number of benzene rings is 1. The lowest BCUT2D eigenvalue weighted by Crippen LogP contribution is -2.03. The highest BCUT2D eigenvalue weighted by atomic mass is 79.9. The summed E-state index contributed by atoms with van der Waals surface area (Å²) in [6, 6.07) is 7.73. The van der Waals surface area contributed by atoms with Crippen LogP contribution in [0.4, 0.5) is 0 Å². The van der Waals surface area contributed by atoms with Gasteiger partial charge in [-0.3, -0.25) is 9.78 Å². The highest BCUT2D eigenvalue weighted by Gasteiger charge is 2.13. The fraction of sp³-hybridized carbons (Fsp3) is 0.0714. The summed E-state index contributed by atoms with van der Waals surface area (Å²) >= 11 is 3.38. The van der Waals surface area contributed by atoms with Crippen molar-refractivity contribution in [1.82, 2.24) is 14.6 Å². The Labute approximate surface area is 118 Å². The summed E-state index contributed by atoms with van der Waals surface area (Å²) in [6.45, 7) is 0. The van der Waals surface area contributed by atoms with E-state index in [2.05, 4.69) is 26.0 Å². The Kier molecular flexibility index (Phi) is 3.13. The number of fused-ring (bicyclic) bond motifs is 1. The van der Waals surface area contributed by atoms with E-state index in [1.54, 1.807) is 29.3 Å². The molecular weight excluding hydrogens is 306 g/mol. The first kappa shape index (κ1) is 12.0. The van der Waals surface area contributed by atoms with Crippen molar-refractivity contribution in [2.24, 2.45) is 0 Å². The van der Waals surface area contributed by atoms with E-state index < -0.39 is 0 Å². The molecule has 0 spiro atoms. The van der Waals surface area contributed by atoms with Gasteiger partial charge in [-0.2, -0.15) is 5.10 Å².